The first-order chi connectivity index (χ1) is 9.52. The van der Waals surface area contributed by atoms with Gasteiger partial charge in [0.05, 0.1) is 16.8 Å². The van der Waals surface area contributed by atoms with Gasteiger partial charge in [0.15, 0.2) is 0 Å². The summed E-state index contributed by atoms with van der Waals surface area (Å²) in [5.41, 5.74) is 1.31. The highest BCUT2D eigenvalue weighted by molar-refractivity contribution is 7.17. The van der Waals surface area contributed by atoms with Crippen LogP contribution in [0.5, 0.6) is 0 Å². The van der Waals surface area contributed by atoms with Gasteiger partial charge in [-0.25, -0.2) is 4.79 Å². The highest BCUT2D eigenvalue weighted by Gasteiger charge is 2.19. The van der Waals surface area contributed by atoms with Crippen LogP contribution < -0.4 is 5.32 Å². The molecule has 0 aromatic carbocycles. The molecule has 0 saturated heterocycles. The van der Waals surface area contributed by atoms with Gasteiger partial charge in [-0.3, -0.25) is 4.79 Å². The van der Waals surface area contributed by atoms with Gasteiger partial charge in [-0.05, 0) is 38.3 Å². The lowest BCUT2D eigenvalue weighted by molar-refractivity contribution is -0.122. The molecule has 6 heteroatoms. The molecule has 2 rings (SSSR count). The molecule has 2 aromatic heterocycles. The fraction of sp³-hybridized carbons (Fsp3) is 0.429. The Balaban J connectivity index is 2.33. The molecule has 2 heterocycles. The average Bonchev–Trinajstić information content (AvgIpc) is 2.91. The van der Waals surface area contributed by atoms with Crippen LogP contribution in [0.2, 0.25) is 0 Å². The predicted octanol–water partition coefficient (Wildman–Crippen LogP) is 2.40. The molecule has 0 fully saturated rings. The fourth-order valence-corrected chi connectivity index (χ4v) is 2.86. The zero-order valence-electron chi connectivity index (χ0n) is 11.8. The Hall–Kier alpha value is -1.82. The number of aromatic nitrogens is 1. The van der Waals surface area contributed by atoms with Crippen LogP contribution in [0.25, 0.3) is 10.2 Å². The van der Waals surface area contributed by atoms with Crippen molar-refractivity contribution in [1.29, 1.82) is 0 Å². The van der Waals surface area contributed by atoms with Crippen molar-refractivity contribution in [2.45, 2.75) is 33.4 Å². The molecule has 0 saturated carbocycles. The molecule has 0 aliphatic heterocycles. The van der Waals surface area contributed by atoms with Crippen molar-refractivity contribution in [1.82, 2.24) is 9.88 Å². The lowest BCUT2D eigenvalue weighted by Gasteiger charge is -2.12. The van der Waals surface area contributed by atoms with Gasteiger partial charge in [0, 0.05) is 6.04 Å². The molecule has 0 bridgehead atoms. The van der Waals surface area contributed by atoms with Crippen molar-refractivity contribution in [3.05, 3.63) is 23.2 Å². The van der Waals surface area contributed by atoms with Gasteiger partial charge >= 0.3 is 5.97 Å². The Morgan fingerprint density at radius 1 is 1.45 bits per heavy atom. The van der Waals surface area contributed by atoms with Crippen LogP contribution in [0.4, 0.5) is 0 Å². The maximum atomic E-state index is 12.0. The number of ether oxygens (including phenoxy) is 1. The summed E-state index contributed by atoms with van der Waals surface area (Å²) in [6.07, 6.45) is 0. The SMILES string of the molecule is CCOC(=O)c1cc2sccc2n1CC(=O)NC(C)C. The van der Waals surface area contributed by atoms with E-state index < -0.39 is 5.97 Å². The Morgan fingerprint density at radius 2 is 2.20 bits per heavy atom. The van der Waals surface area contributed by atoms with Crippen molar-refractivity contribution in [3.63, 3.8) is 0 Å². The summed E-state index contributed by atoms with van der Waals surface area (Å²) in [5, 5.41) is 4.77. The monoisotopic (exact) mass is 294 g/mol. The average molecular weight is 294 g/mol. The van der Waals surface area contributed by atoms with Crippen molar-refractivity contribution in [2.24, 2.45) is 0 Å². The van der Waals surface area contributed by atoms with E-state index in [4.69, 9.17) is 4.74 Å². The maximum Gasteiger partial charge on any atom is 0.355 e. The van der Waals surface area contributed by atoms with Crippen LogP contribution in [-0.4, -0.2) is 29.1 Å². The third-order valence-electron chi connectivity index (χ3n) is 2.76. The molecular weight excluding hydrogens is 276 g/mol. The molecule has 0 spiro atoms. The Labute approximate surface area is 121 Å². The largest absolute Gasteiger partial charge is 0.461 e. The summed E-state index contributed by atoms with van der Waals surface area (Å²) >= 11 is 1.54. The van der Waals surface area contributed by atoms with Gasteiger partial charge in [-0.2, -0.15) is 0 Å². The van der Waals surface area contributed by atoms with E-state index in [2.05, 4.69) is 5.32 Å². The summed E-state index contributed by atoms with van der Waals surface area (Å²) in [7, 11) is 0. The van der Waals surface area contributed by atoms with E-state index in [0.717, 1.165) is 10.2 Å². The van der Waals surface area contributed by atoms with Gasteiger partial charge in [-0.1, -0.05) is 0 Å². The number of thiophene rings is 1. The zero-order valence-corrected chi connectivity index (χ0v) is 12.6. The minimum absolute atomic E-state index is 0.0714. The summed E-state index contributed by atoms with van der Waals surface area (Å²) in [6, 6.07) is 3.76. The van der Waals surface area contributed by atoms with Gasteiger partial charge in [0.1, 0.15) is 12.2 Å². The topological polar surface area (TPSA) is 60.3 Å². The summed E-state index contributed by atoms with van der Waals surface area (Å²) in [6.45, 7) is 6.00. The first kappa shape index (κ1) is 14.6. The van der Waals surface area contributed by atoms with Crippen LogP contribution in [0.15, 0.2) is 17.5 Å². The van der Waals surface area contributed by atoms with Crippen LogP contribution in [0.3, 0.4) is 0 Å². The predicted molar refractivity (Wildman–Crippen MR) is 79.1 cm³/mol. The van der Waals surface area contributed by atoms with Gasteiger partial charge < -0.3 is 14.6 Å². The number of carbonyl (C=O) groups is 2. The minimum Gasteiger partial charge on any atom is -0.461 e. The van der Waals surface area contributed by atoms with Crippen molar-refractivity contribution in [3.8, 4) is 0 Å². The summed E-state index contributed by atoms with van der Waals surface area (Å²) in [5.74, 6) is -0.512. The van der Waals surface area contributed by atoms with E-state index in [-0.39, 0.29) is 18.5 Å². The van der Waals surface area contributed by atoms with Gasteiger partial charge in [0.25, 0.3) is 0 Å². The van der Waals surface area contributed by atoms with E-state index in [9.17, 15) is 9.59 Å². The number of nitrogens with one attached hydrogen (secondary N) is 1. The van der Waals surface area contributed by atoms with Crippen molar-refractivity contribution >= 4 is 33.4 Å². The first-order valence-corrected chi connectivity index (χ1v) is 7.44. The summed E-state index contributed by atoms with van der Waals surface area (Å²) < 4.78 is 7.73. The second-order valence-corrected chi connectivity index (χ2v) is 5.68. The number of amides is 1. The number of fused-ring (bicyclic) bond motifs is 1. The van der Waals surface area contributed by atoms with Crippen LogP contribution in [0.1, 0.15) is 31.3 Å². The maximum absolute atomic E-state index is 12.0. The van der Waals surface area contributed by atoms with Gasteiger partial charge in [0.2, 0.25) is 5.91 Å². The number of carbonyl (C=O) groups excluding carboxylic acids is 2. The van der Waals surface area contributed by atoms with Gasteiger partial charge in [-0.15, -0.1) is 11.3 Å². The van der Waals surface area contributed by atoms with E-state index in [1.54, 1.807) is 17.6 Å². The molecule has 108 valence electrons. The molecule has 1 N–H and O–H groups in total. The molecule has 0 radical (unpaired) electrons. The lowest BCUT2D eigenvalue weighted by atomic mass is 10.3. The number of hydrogen-bond acceptors (Lipinski definition) is 4. The van der Waals surface area contributed by atoms with Crippen molar-refractivity contribution in [2.75, 3.05) is 6.61 Å². The summed E-state index contributed by atoms with van der Waals surface area (Å²) in [4.78, 5) is 23.9. The zero-order chi connectivity index (χ0) is 14.7. The van der Waals surface area contributed by atoms with E-state index >= 15 is 0 Å². The molecule has 20 heavy (non-hydrogen) atoms. The molecule has 5 nitrogen and oxygen atoms in total. The third kappa shape index (κ3) is 3.01. The highest BCUT2D eigenvalue weighted by atomic mass is 32.1. The Bertz CT molecular complexity index is 627. The number of nitrogens with zero attached hydrogens (tertiary/aromatic N) is 1. The highest BCUT2D eigenvalue weighted by Crippen LogP contribution is 2.25. The second kappa shape index (κ2) is 6.09. The quantitative estimate of drug-likeness (QED) is 0.861. The van der Waals surface area contributed by atoms with E-state index in [1.165, 1.54) is 11.3 Å². The minimum atomic E-state index is -0.395. The van der Waals surface area contributed by atoms with Crippen molar-refractivity contribution < 1.29 is 14.3 Å². The molecule has 0 aliphatic carbocycles. The molecule has 0 atom stereocenters. The van der Waals surface area contributed by atoms with Crippen LogP contribution in [0, 0.1) is 0 Å². The third-order valence-corrected chi connectivity index (χ3v) is 3.61. The molecular formula is C14H18N2O3S. The molecule has 0 unspecified atom stereocenters. The van der Waals surface area contributed by atoms with Crippen LogP contribution >= 0.6 is 11.3 Å². The lowest BCUT2D eigenvalue weighted by Crippen LogP contribution is -2.33. The Morgan fingerprint density at radius 3 is 2.85 bits per heavy atom. The molecule has 1 amide bonds. The normalized spacial score (nSPS) is 11.0. The van der Waals surface area contributed by atoms with E-state index in [0.29, 0.717) is 12.3 Å². The number of esters is 1. The first-order valence-electron chi connectivity index (χ1n) is 6.56. The molecule has 2 aromatic rings. The second-order valence-electron chi connectivity index (χ2n) is 4.73. The number of hydrogen-bond donors (Lipinski definition) is 1. The smallest absolute Gasteiger partial charge is 0.355 e. The number of rotatable bonds is 5. The van der Waals surface area contributed by atoms with Crippen LogP contribution in [-0.2, 0) is 16.1 Å². The molecule has 0 aliphatic rings. The Kier molecular flexibility index (Phi) is 4.44. The fourth-order valence-electron chi connectivity index (χ4n) is 2.03. The van der Waals surface area contributed by atoms with E-state index in [1.807, 2.05) is 25.3 Å². The standard InChI is InChI=1S/C14H18N2O3S/c1-4-19-14(18)11-7-12-10(5-6-20-12)16(11)8-13(17)15-9(2)3/h5-7,9H,4,8H2,1-3H3,(H,15,17).